The van der Waals surface area contributed by atoms with E-state index in [0.29, 0.717) is 34.1 Å². The van der Waals surface area contributed by atoms with Gasteiger partial charge in [-0.3, -0.25) is 0 Å². The number of azo groups is 5. The van der Waals surface area contributed by atoms with Crippen molar-refractivity contribution >= 4 is 68.2 Å². The minimum atomic E-state index is 0.687. The number of anilines is 2. The second-order valence-corrected chi connectivity index (χ2v) is 12.1. The third-order valence-corrected chi connectivity index (χ3v) is 7.88. The Balaban J connectivity index is 1.02. The highest BCUT2D eigenvalue weighted by Gasteiger charge is 2.03. The Bertz CT molecular complexity index is 2190. The van der Waals surface area contributed by atoms with E-state index in [1.165, 1.54) is 0 Å². The second kappa shape index (κ2) is 16.1. The highest BCUT2D eigenvalue weighted by atomic mass is 15.1. The van der Waals surface area contributed by atoms with Gasteiger partial charge in [-0.05, 0) is 171 Å². The number of benzene rings is 6. The third-order valence-electron chi connectivity index (χ3n) is 7.88. The molecule has 12 nitrogen and oxygen atoms in total. The Labute approximate surface area is 301 Å². The summed E-state index contributed by atoms with van der Waals surface area (Å²) < 4.78 is 0. The second-order valence-electron chi connectivity index (χ2n) is 12.1. The van der Waals surface area contributed by atoms with Gasteiger partial charge in [0, 0.05) is 11.4 Å². The van der Waals surface area contributed by atoms with E-state index in [1.54, 1.807) is 0 Å². The molecular formula is C40H36N12. The molecule has 0 spiro atoms. The van der Waals surface area contributed by atoms with Crippen molar-refractivity contribution in [2.45, 2.75) is 27.7 Å². The van der Waals surface area contributed by atoms with Crippen molar-refractivity contribution < 1.29 is 0 Å². The molecule has 4 N–H and O–H groups in total. The van der Waals surface area contributed by atoms with E-state index in [0.717, 1.165) is 56.4 Å². The van der Waals surface area contributed by atoms with E-state index in [9.17, 15) is 0 Å². The normalized spacial score (nSPS) is 12.0. The van der Waals surface area contributed by atoms with E-state index in [2.05, 4.69) is 51.1 Å². The summed E-state index contributed by atoms with van der Waals surface area (Å²) in [6, 6.07) is 37.1. The molecule has 0 aliphatic carbocycles. The zero-order valence-electron chi connectivity index (χ0n) is 29.2. The summed E-state index contributed by atoms with van der Waals surface area (Å²) in [5, 5.41) is 43.7. The van der Waals surface area contributed by atoms with Crippen LogP contribution in [-0.2, 0) is 0 Å². The number of aryl methyl sites for hydroxylation is 4. The predicted molar refractivity (Wildman–Crippen MR) is 207 cm³/mol. The quantitative estimate of drug-likeness (QED) is 0.108. The smallest absolute Gasteiger partial charge is 0.0887 e. The summed E-state index contributed by atoms with van der Waals surface area (Å²) in [5.74, 6) is 0. The van der Waals surface area contributed by atoms with Gasteiger partial charge in [-0.2, -0.15) is 51.1 Å². The van der Waals surface area contributed by atoms with Crippen molar-refractivity contribution in [1.29, 1.82) is 0 Å². The van der Waals surface area contributed by atoms with Gasteiger partial charge in [0.05, 0.1) is 56.9 Å². The average molecular weight is 685 g/mol. The van der Waals surface area contributed by atoms with Crippen LogP contribution in [0.5, 0.6) is 0 Å². The van der Waals surface area contributed by atoms with Crippen molar-refractivity contribution in [1.82, 2.24) is 0 Å². The number of nitrogens with zero attached hydrogens (tertiary/aromatic N) is 10. The lowest BCUT2D eigenvalue weighted by molar-refractivity contribution is 1.18. The summed E-state index contributed by atoms with van der Waals surface area (Å²) in [5.41, 5.74) is 24.1. The first-order chi connectivity index (χ1) is 25.2. The Morgan fingerprint density at radius 3 is 0.788 bits per heavy atom. The van der Waals surface area contributed by atoms with Crippen LogP contribution in [-0.4, -0.2) is 0 Å². The van der Waals surface area contributed by atoms with Gasteiger partial charge in [0.25, 0.3) is 0 Å². The predicted octanol–water partition coefficient (Wildman–Crippen LogP) is 14.2. The van der Waals surface area contributed by atoms with E-state index < -0.39 is 0 Å². The molecule has 0 unspecified atom stereocenters. The third kappa shape index (κ3) is 9.33. The molecule has 0 saturated heterocycles. The number of hydrogen-bond acceptors (Lipinski definition) is 12. The Kier molecular flexibility index (Phi) is 10.8. The number of hydrogen-bond donors (Lipinski definition) is 2. The van der Waals surface area contributed by atoms with E-state index in [1.807, 2.05) is 149 Å². The zero-order chi connectivity index (χ0) is 36.5. The van der Waals surface area contributed by atoms with Gasteiger partial charge in [0.1, 0.15) is 0 Å². The molecule has 0 aliphatic heterocycles. The molecule has 6 rings (SSSR count). The van der Waals surface area contributed by atoms with Crippen LogP contribution in [0, 0.1) is 27.7 Å². The van der Waals surface area contributed by atoms with Gasteiger partial charge in [-0.1, -0.05) is 0 Å². The minimum absolute atomic E-state index is 0.687. The lowest BCUT2D eigenvalue weighted by atomic mass is 10.2. The summed E-state index contributed by atoms with van der Waals surface area (Å²) in [4.78, 5) is 0. The maximum Gasteiger partial charge on any atom is 0.0887 e. The van der Waals surface area contributed by atoms with E-state index in [-0.39, 0.29) is 0 Å². The number of rotatable bonds is 10. The van der Waals surface area contributed by atoms with Gasteiger partial charge in [-0.15, -0.1) is 0 Å². The molecule has 0 radical (unpaired) electrons. The van der Waals surface area contributed by atoms with E-state index in [4.69, 9.17) is 11.5 Å². The summed E-state index contributed by atoms with van der Waals surface area (Å²) in [6.07, 6.45) is 0. The number of nitrogen functional groups attached to an aromatic ring is 2. The molecule has 6 aromatic carbocycles. The molecule has 6 aromatic rings. The summed E-state index contributed by atoms with van der Waals surface area (Å²) in [7, 11) is 0. The first-order valence-corrected chi connectivity index (χ1v) is 16.4. The molecular weight excluding hydrogens is 649 g/mol. The van der Waals surface area contributed by atoms with Gasteiger partial charge in [0.2, 0.25) is 0 Å². The highest BCUT2D eigenvalue weighted by molar-refractivity contribution is 5.58. The molecule has 52 heavy (non-hydrogen) atoms. The summed E-state index contributed by atoms with van der Waals surface area (Å²) in [6.45, 7) is 7.82. The van der Waals surface area contributed by atoms with Crippen LogP contribution in [0.3, 0.4) is 0 Å². The topological polar surface area (TPSA) is 176 Å². The van der Waals surface area contributed by atoms with Crippen molar-refractivity contribution in [2.75, 3.05) is 11.5 Å². The molecule has 0 saturated carbocycles. The summed E-state index contributed by atoms with van der Waals surface area (Å²) >= 11 is 0. The number of nitrogens with two attached hydrogens (primary N) is 2. The fraction of sp³-hybridized carbons (Fsp3) is 0.100. The largest absolute Gasteiger partial charge is 0.399 e. The fourth-order valence-corrected chi connectivity index (χ4v) is 4.94. The molecule has 0 heterocycles. The SMILES string of the molecule is Cc1cc(N)ccc1N=Nc1ccc(N=Nc2ccc(N=Nc3ccc(N=Nc4ccc(N=Nc5ccc(N)cc5C)cc4C)cc3)cc2)c(C)c1. The van der Waals surface area contributed by atoms with Crippen LogP contribution < -0.4 is 11.5 Å². The van der Waals surface area contributed by atoms with Crippen molar-refractivity contribution in [2.24, 2.45) is 51.1 Å². The van der Waals surface area contributed by atoms with Crippen molar-refractivity contribution in [3.05, 3.63) is 144 Å². The molecule has 0 bridgehead atoms. The minimum Gasteiger partial charge on any atom is -0.399 e. The van der Waals surface area contributed by atoms with Gasteiger partial charge in [0.15, 0.2) is 0 Å². The average Bonchev–Trinajstić information content (AvgIpc) is 3.13. The van der Waals surface area contributed by atoms with Crippen molar-refractivity contribution in [3.8, 4) is 0 Å². The first kappa shape index (κ1) is 34.8. The van der Waals surface area contributed by atoms with Crippen LogP contribution in [0.1, 0.15) is 22.3 Å². The maximum atomic E-state index is 5.82. The molecule has 0 atom stereocenters. The lowest BCUT2D eigenvalue weighted by Gasteiger charge is -2.02. The molecule has 0 aliphatic rings. The Hall–Kier alpha value is -7.08. The van der Waals surface area contributed by atoms with Gasteiger partial charge < -0.3 is 11.5 Å². The fourth-order valence-electron chi connectivity index (χ4n) is 4.94. The standard InChI is InChI=1S/C40H36N12/c1-25-21-29(41)5-17-37(25)51-47-35-15-19-39(27(3)23-35)49-45-33-11-7-31(8-12-33)43-44-32-9-13-34(14-10-32)46-50-40-20-16-36(24-28(40)4)48-52-38-18-6-30(42)22-26(38)2/h5-24H,41-42H2,1-4H3. The van der Waals surface area contributed by atoms with Crippen molar-refractivity contribution in [3.63, 3.8) is 0 Å². The first-order valence-electron chi connectivity index (χ1n) is 16.4. The van der Waals surface area contributed by atoms with Crippen LogP contribution in [0.25, 0.3) is 0 Å². The van der Waals surface area contributed by atoms with Gasteiger partial charge >= 0.3 is 0 Å². The van der Waals surface area contributed by atoms with Crippen LogP contribution >= 0.6 is 0 Å². The Morgan fingerprint density at radius 1 is 0.269 bits per heavy atom. The van der Waals surface area contributed by atoms with Crippen LogP contribution in [0.4, 0.5) is 68.2 Å². The van der Waals surface area contributed by atoms with Crippen LogP contribution in [0.2, 0.25) is 0 Å². The van der Waals surface area contributed by atoms with E-state index >= 15 is 0 Å². The lowest BCUT2D eigenvalue weighted by Crippen LogP contribution is -1.84. The molecule has 0 fully saturated rings. The maximum absolute atomic E-state index is 5.82. The molecule has 0 amide bonds. The molecule has 256 valence electrons. The molecule has 12 heteroatoms. The highest BCUT2D eigenvalue weighted by Crippen LogP contribution is 2.31. The van der Waals surface area contributed by atoms with Crippen LogP contribution in [0.15, 0.2) is 172 Å². The molecule has 0 aromatic heterocycles. The zero-order valence-corrected chi connectivity index (χ0v) is 29.2. The van der Waals surface area contributed by atoms with Gasteiger partial charge in [-0.25, -0.2) is 0 Å². The Morgan fingerprint density at radius 2 is 0.500 bits per heavy atom. The monoisotopic (exact) mass is 684 g/mol.